The molecule has 0 aliphatic carbocycles. The average molecular weight is 230 g/mol. The molecule has 0 aliphatic rings. The zero-order valence-corrected chi connectivity index (χ0v) is 8.47. The van der Waals surface area contributed by atoms with Crippen LogP contribution < -0.4 is 0 Å². The molecule has 1 aromatic heterocycles. The summed E-state index contributed by atoms with van der Waals surface area (Å²) in [5.41, 5.74) is 1.37. The number of alkyl halides is 1. The number of fused-ring (bicyclic) bond motifs is 1. The number of ketones is 1. The van der Waals surface area contributed by atoms with Crippen molar-refractivity contribution in [2.24, 2.45) is 0 Å². The molecule has 0 saturated heterocycles. The van der Waals surface area contributed by atoms with Crippen molar-refractivity contribution in [3.8, 4) is 0 Å². The fraction of sp³-hybridized carbons (Fsp3) is 0.111. The number of carbonyl (C=O) groups is 1. The molecule has 5 heteroatoms. The normalized spacial score (nSPS) is 10.7. The van der Waals surface area contributed by atoms with Crippen LogP contribution in [-0.4, -0.2) is 16.6 Å². The molecule has 3 nitrogen and oxygen atoms in total. The van der Waals surface area contributed by atoms with Crippen molar-refractivity contribution < 1.29 is 9.21 Å². The van der Waals surface area contributed by atoms with E-state index in [4.69, 9.17) is 27.6 Å². The van der Waals surface area contributed by atoms with Crippen LogP contribution in [-0.2, 0) is 0 Å². The summed E-state index contributed by atoms with van der Waals surface area (Å²) >= 11 is 11.0. The molecule has 72 valence electrons. The number of hydrogen-bond donors (Lipinski definition) is 0. The monoisotopic (exact) mass is 229 g/mol. The molecule has 0 spiro atoms. The van der Waals surface area contributed by atoms with E-state index in [0.29, 0.717) is 16.7 Å². The molecule has 0 bridgehead atoms. The lowest BCUT2D eigenvalue weighted by Crippen LogP contribution is -1.99. The van der Waals surface area contributed by atoms with E-state index in [-0.39, 0.29) is 17.0 Å². The first-order valence-corrected chi connectivity index (χ1v) is 4.78. The number of rotatable bonds is 2. The van der Waals surface area contributed by atoms with Crippen LogP contribution in [0.1, 0.15) is 10.4 Å². The Hall–Kier alpha value is -1.06. The van der Waals surface area contributed by atoms with Gasteiger partial charge in [0.1, 0.15) is 5.52 Å². The summed E-state index contributed by atoms with van der Waals surface area (Å²) in [6, 6.07) is 5.06. The van der Waals surface area contributed by atoms with Crippen LogP contribution in [0, 0.1) is 0 Å². The van der Waals surface area contributed by atoms with Crippen LogP contribution in [0.4, 0.5) is 0 Å². The smallest absolute Gasteiger partial charge is 0.293 e. The summed E-state index contributed by atoms with van der Waals surface area (Å²) in [5.74, 6) is -0.290. The molecule has 1 aromatic carbocycles. The molecule has 0 amide bonds. The third kappa shape index (κ3) is 1.49. The van der Waals surface area contributed by atoms with Gasteiger partial charge in [0.2, 0.25) is 0 Å². The summed E-state index contributed by atoms with van der Waals surface area (Å²) in [4.78, 5) is 15.3. The van der Waals surface area contributed by atoms with E-state index in [0.717, 1.165) is 0 Å². The number of carbonyl (C=O) groups excluding carboxylic acids is 1. The van der Waals surface area contributed by atoms with Crippen molar-refractivity contribution in [1.29, 1.82) is 0 Å². The Morgan fingerprint density at radius 1 is 1.50 bits per heavy atom. The van der Waals surface area contributed by atoms with Gasteiger partial charge in [-0.25, -0.2) is 0 Å². The van der Waals surface area contributed by atoms with E-state index in [1.165, 1.54) is 0 Å². The topological polar surface area (TPSA) is 43.1 Å². The first kappa shape index (κ1) is 9.49. The molecule has 0 atom stereocenters. The minimum Gasteiger partial charge on any atom is -0.427 e. The van der Waals surface area contributed by atoms with Gasteiger partial charge in [-0.2, -0.15) is 4.98 Å². The number of hydrogen-bond acceptors (Lipinski definition) is 3. The lowest BCUT2D eigenvalue weighted by atomic mass is 10.1. The number of nitrogens with zero attached hydrogens (tertiary/aromatic N) is 1. The van der Waals surface area contributed by atoms with Gasteiger partial charge in [-0.1, -0.05) is 6.07 Å². The van der Waals surface area contributed by atoms with Crippen LogP contribution in [0.25, 0.3) is 11.1 Å². The number of oxazole rings is 1. The minimum absolute atomic E-state index is 0.0230. The average Bonchev–Trinajstić information content (AvgIpc) is 2.56. The summed E-state index contributed by atoms with van der Waals surface area (Å²) < 4.78 is 5.10. The van der Waals surface area contributed by atoms with Crippen LogP contribution in [0.2, 0.25) is 5.35 Å². The van der Waals surface area contributed by atoms with Crippen LogP contribution >= 0.6 is 23.2 Å². The summed E-state index contributed by atoms with van der Waals surface area (Å²) in [5, 5.41) is 0.0230. The Labute approximate surface area is 89.6 Å². The Kier molecular flexibility index (Phi) is 2.44. The Morgan fingerprint density at radius 3 is 3.00 bits per heavy atom. The predicted molar refractivity (Wildman–Crippen MR) is 54.1 cm³/mol. The molecule has 0 saturated carbocycles. The maximum absolute atomic E-state index is 11.4. The van der Waals surface area contributed by atoms with Gasteiger partial charge in [-0.15, -0.1) is 11.6 Å². The van der Waals surface area contributed by atoms with Crippen molar-refractivity contribution in [1.82, 2.24) is 4.98 Å². The SMILES string of the molecule is O=C(CCl)c1cccc2nc(Cl)oc12. The lowest BCUT2D eigenvalue weighted by molar-refractivity contribution is 0.102. The first-order chi connectivity index (χ1) is 6.72. The summed E-state index contributed by atoms with van der Waals surface area (Å²) in [6.07, 6.45) is 0. The predicted octanol–water partition coefficient (Wildman–Crippen LogP) is 2.90. The lowest BCUT2D eigenvalue weighted by Gasteiger charge is -1.95. The highest BCUT2D eigenvalue weighted by atomic mass is 35.5. The van der Waals surface area contributed by atoms with Crippen LogP contribution in [0.15, 0.2) is 22.6 Å². The van der Waals surface area contributed by atoms with Gasteiger partial charge in [0.25, 0.3) is 5.35 Å². The zero-order valence-electron chi connectivity index (χ0n) is 6.96. The van der Waals surface area contributed by atoms with E-state index >= 15 is 0 Å². The Bertz CT molecular complexity index is 493. The standard InChI is InChI=1S/C9H5Cl2NO2/c10-4-7(13)5-2-1-3-6-8(5)14-9(11)12-6/h1-3H,4H2. The number of halogens is 2. The van der Waals surface area contributed by atoms with Gasteiger partial charge < -0.3 is 4.42 Å². The van der Waals surface area contributed by atoms with Crippen LogP contribution in [0.3, 0.4) is 0 Å². The maximum atomic E-state index is 11.4. The summed E-state index contributed by atoms with van der Waals surface area (Å²) in [6.45, 7) is 0. The third-order valence-electron chi connectivity index (χ3n) is 1.81. The Balaban J connectivity index is 2.70. The molecule has 0 N–H and O–H groups in total. The highest BCUT2D eigenvalue weighted by Gasteiger charge is 2.13. The molecule has 14 heavy (non-hydrogen) atoms. The van der Waals surface area contributed by atoms with Gasteiger partial charge in [-0.3, -0.25) is 4.79 Å². The third-order valence-corrected chi connectivity index (χ3v) is 2.22. The molecule has 0 fully saturated rings. The van der Waals surface area contributed by atoms with Crippen LogP contribution in [0.5, 0.6) is 0 Å². The maximum Gasteiger partial charge on any atom is 0.293 e. The number of aromatic nitrogens is 1. The second-order valence-corrected chi connectivity index (χ2v) is 3.27. The highest BCUT2D eigenvalue weighted by molar-refractivity contribution is 6.32. The zero-order chi connectivity index (χ0) is 10.1. The van der Waals surface area contributed by atoms with Gasteiger partial charge in [-0.05, 0) is 23.7 Å². The molecule has 0 radical (unpaired) electrons. The fourth-order valence-corrected chi connectivity index (χ4v) is 1.53. The molecule has 2 rings (SSSR count). The molecule has 0 aliphatic heterocycles. The Morgan fingerprint density at radius 2 is 2.29 bits per heavy atom. The van der Waals surface area contributed by atoms with Crippen molar-refractivity contribution in [3.05, 3.63) is 29.1 Å². The quantitative estimate of drug-likeness (QED) is 0.588. The van der Waals surface area contributed by atoms with Crippen molar-refractivity contribution in [2.45, 2.75) is 0 Å². The molecule has 0 unspecified atom stereocenters. The molecular weight excluding hydrogens is 225 g/mol. The largest absolute Gasteiger partial charge is 0.427 e. The number of benzene rings is 1. The van der Waals surface area contributed by atoms with Gasteiger partial charge in [0.05, 0.1) is 11.4 Å². The van der Waals surface area contributed by atoms with Crippen molar-refractivity contribution in [2.75, 3.05) is 5.88 Å². The first-order valence-electron chi connectivity index (χ1n) is 3.86. The summed E-state index contributed by atoms with van der Waals surface area (Å²) in [7, 11) is 0. The number of para-hydroxylation sites is 1. The molecule has 2 aromatic rings. The van der Waals surface area contributed by atoms with E-state index in [1.807, 2.05) is 0 Å². The van der Waals surface area contributed by atoms with Gasteiger partial charge in [0.15, 0.2) is 11.4 Å². The van der Waals surface area contributed by atoms with Gasteiger partial charge >= 0.3 is 0 Å². The fourth-order valence-electron chi connectivity index (χ4n) is 1.21. The number of Topliss-reactive ketones (excluding diaryl/α,β-unsaturated/α-hetero) is 1. The van der Waals surface area contributed by atoms with E-state index in [2.05, 4.69) is 4.98 Å². The van der Waals surface area contributed by atoms with E-state index < -0.39 is 0 Å². The van der Waals surface area contributed by atoms with E-state index in [9.17, 15) is 4.79 Å². The second kappa shape index (κ2) is 3.59. The minimum atomic E-state index is -0.204. The second-order valence-electron chi connectivity index (χ2n) is 2.68. The molecule has 1 heterocycles. The van der Waals surface area contributed by atoms with Crippen molar-refractivity contribution >= 4 is 40.1 Å². The molecular formula is C9H5Cl2NO2. The van der Waals surface area contributed by atoms with Gasteiger partial charge in [0, 0.05) is 0 Å². The van der Waals surface area contributed by atoms with Crippen molar-refractivity contribution in [3.63, 3.8) is 0 Å². The van der Waals surface area contributed by atoms with E-state index in [1.54, 1.807) is 18.2 Å². The highest BCUT2D eigenvalue weighted by Crippen LogP contribution is 2.22.